The predicted molar refractivity (Wildman–Crippen MR) is 95.4 cm³/mol. The van der Waals surface area contributed by atoms with Crippen molar-refractivity contribution in [3.05, 3.63) is 59.9 Å². The third-order valence-corrected chi connectivity index (χ3v) is 3.94. The summed E-state index contributed by atoms with van der Waals surface area (Å²) in [6.07, 6.45) is 4.16. The quantitative estimate of drug-likeness (QED) is 0.504. The lowest BCUT2D eigenvalue weighted by Crippen LogP contribution is -2.42. The molecule has 128 valence electrons. The van der Waals surface area contributed by atoms with Gasteiger partial charge in [0.15, 0.2) is 0 Å². The van der Waals surface area contributed by atoms with E-state index in [2.05, 4.69) is 40.0 Å². The number of amides is 1. The Morgan fingerprint density at radius 1 is 1.46 bits per heavy atom. The molecule has 0 spiro atoms. The second kappa shape index (κ2) is 9.00. The molecular formula is C18H24N4O2. The van der Waals surface area contributed by atoms with Gasteiger partial charge in [-0.05, 0) is 17.5 Å². The summed E-state index contributed by atoms with van der Waals surface area (Å²) in [5.41, 5.74) is 8.30. The van der Waals surface area contributed by atoms with Gasteiger partial charge in [0, 0.05) is 44.8 Å². The topological polar surface area (TPSA) is 90.9 Å². The van der Waals surface area contributed by atoms with Crippen molar-refractivity contribution in [2.75, 3.05) is 19.6 Å². The monoisotopic (exact) mass is 328 g/mol. The summed E-state index contributed by atoms with van der Waals surface area (Å²) >= 11 is 0. The first-order valence-electron chi connectivity index (χ1n) is 7.95. The van der Waals surface area contributed by atoms with E-state index in [4.69, 9.17) is 5.73 Å². The minimum absolute atomic E-state index is 0.163. The molecule has 0 fully saturated rings. The number of carbonyl (C=O) groups is 1. The van der Waals surface area contributed by atoms with Gasteiger partial charge in [-0.3, -0.25) is 14.7 Å². The summed E-state index contributed by atoms with van der Waals surface area (Å²) in [4.78, 5) is 17.9. The minimum Gasteiger partial charge on any atom is -0.404 e. The Hall–Kier alpha value is -2.44. The second-order valence-corrected chi connectivity index (χ2v) is 5.70. The Kier molecular flexibility index (Phi) is 6.72. The zero-order chi connectivity index (χ0) is 17.4. The summed E-state index contributed by atoms with van der Waals surface area (Å²) in [5.74, 6) is -0.369. The van der Waals surface area contributed by atoms with Crippen LogP contribution in [0.25, 0.3) is 0 Å². The molecule has 0 saturated heterocycles. The van der Waals surface area contributed by atoms with Crippen molar-refractivity contribution < 1.29 is 9.90 Å². The molecule has 1 aromatic rings. The lowest BCUT2D eigenvalue weighted by atomic mass is 10.00. The Balaban J connectivity index is 1.80. The van der Waals surface area contributed by atoms with Crippen LogP contribution in [0.15, 0.2) is 53.8 Å². The van der Waals surface area contributed by atoms with Crippen LogP contribution in [-0.2, 0) is 17.8 Å². The molecule has 0 aromatic heterocycles. The van der Waals surface area contributed by atoms with E-state index in [0.717, 1.165) is 19.5 Å². The highest BCUT2D eigenvalue weighted by Gasteiger charge is 2.19. The van der Waals surface area contributed by atoms with Gasteiger partial charge in [0.05, 0.1) is 11.7 Å². The molecule has 24 heavy (non-hydrogen) atoms. The highest BCUT2D eigenvalue weighted by Crippen LogP contribution is 2.18. The first-order valence-corrected chi connectivity index (χ1v) is 7.95. The molecule has 1 aliphatic heterocycles. The molecule has 1 heterocycles. The van der Waals surface area contributed by atoms with Gasteiger partial charge in [0.1, 0.15) is 0 Å². The van der Waals surface area contributed by atoms with E-state index in [0.29, 0.717) is 6.54 Å². The van der Waals surface area contributed by atoms with Crippen molar-refractivity contribution >= 4 is 12.1 Å². The number of fused-ring (bicyclic) bond motifs is 1. The van der Waals surface area contributed by atoms with E-state index in [1.807, 2.05) is 6.07 Å². The molecule has 4 N–H and O–H groups in total. The maximum atomic E-state index is 11.9. The molecule has 6 heteroatoms. The van der Waals surface area contributed by atoms with Gasteiger partial charge in [-0.1, -0.05) is 30.8 Å². The number of hydrogen-bond donors (Lipinski definition) is 3. The normalized spacial score (nSPS) is 16.6. The summed E-state index contributed by atoms with van der Waals surface area (Å²) in [6.45, 7) is 5.84. The van der Waals surface area contributed by atoms with Gasteiger partial charge in [-0.25, -0.2) is 0 Å². The number of aliphatic hydroxyl groups excluding tert-OH is 1. The fourth-order valence-corrected chi connectivity index (χ4v) is 2.70. The Bertz CT molecular complexity index is 640. The number of nitrogens with two attached hydrogens (primary N) is 1. The lowest BCUT2D eigenvalue weighted by Gasteiger charge is -2.30. The van der Waals surface area contributed by atoms with Crippen molar-refractivity contribution in [3.8, 4) is 0 Å². The molecule has 1 unspecified atom stereocenters. The van der Waals surface area contributed by atoms with E-state index in [-0.39, 0.29) is 18.0 Å². The largest absolute Gasteiger partial charge is 0.404 e. The second-order valence-electron chi connectivity index (χ2n) is 5.70. The van der Waals surface area contributed by atoms with E-state index >= 15 is 0 Å². The number of nitrogens with one attached hydrogen (secondary N) is 1. The van der Waals surface area contributed by atoms with E-state index < -0.39 is 6.10 Å². The van der Waals surface area contributed by atoms with Crippen LogP contribution < -0.4 is 11.1 Å². The van der Waals surface area contributed by atoms with Crippen LogP contribution in [0.1, 0.15) is 11.1 Å². The molecule has 2 rings (SSSR count). The highest BCUT2D eigenvalue weighted by atomic mass is 16.3. The lowest BCUT2D eigenvalue weighted by molar-refractivity contribution is -0.117. The van der Waals surface area contributed by atoms with Gasteiger partial charge in [-0.2, -0.15) is 0 Å². The summed E-state index contributed by atoms with van der Waals surface area (Å²) in [6, 6.07) is 8.35. The third kappa shape index (κ3) is 5.04. The fraction of sp³-hybridized carbons (Fsp3) is 0.333. The molecule has 0 saturated carbocycles. The van der Waals surface area contributed by atoms with Crippen LogP contribution in [0.4, 0.5) is 0 Å². The van der Waals surface area contributed by atoms with Crippen molar-refractivity contribution in [2.24, 2.45) is 10.7 Å². The van der Waals surface area contributed by atoms with Gasteiger partial charge < -0.3 is 16.2 Å². The molecular weight excluding hydrogens is 304 g/mol. The van der Waals surface area contributed by atoms with Gasteiger partial charge in [0.25, 0.3) is 5.91 Å². The number of rotatable bonds is 7. The van der Waals surface area contributed by atoms with E-state index in [1.165, 1.54) is 29.7 Å². The summed E-state index contributed by atoms with van der Waals surface area (Å²) in [5, 5.41) is 12.8. The fourth-order valence-electron chi connectivity index (χ4n) is 2.70. The number of β-amino-alcohol motifs (C(OH)–C–C–N with tert-alkyl or cyclic N) is 1. The average molecular weight is 328 g/mol. The molecule has 1 aromatic carbocycles. The first kappa shape index (κ1) is 17.9. The predicted octanol–water partition coefficient (Wildman–Crippen LogP) is 0.579. The van der Waals surface area contributed by atoms with E-state index in [1.54, 1.807) is 0 Å². The van der Waals surface area contributed by atoms with Gasteiger partial charge in [0.2, 0.25) is 0 Å². The standard InChI is InChI=1S/C18H24N4O2/c1-2-20-10-16(9-19)18(24)21-11-17(23)13-22-8-7-14-5-3-4-6-15(14)12-22/h2-6,9-10,17,23H,1,7-8,11-13,19H2,(H,21,24)/b16-9+,20-10?. The smallest absolute Gasteiger partial charge is 0.254 e. The van der Waals surface area contributed by atoms with Crippen molar-refractivity contribution in [3.63, 3.8) is 0 Å². The number of benzene rings is 1. The van der Waals surface area contributed by atoms with Crippen molar-refractivity contribution in [1.82, 2.24) is 10.2 Å². The number of hydrogen-bond acceptors (Lipinski definition) is 5. The Morgan fingerprint density at radius 2 is 2.21 bits per heavy atom. The van der Waals surface area contributed by atoms with Crippen LogP contribution in [0, 0.1) is 0 Å². The van der Waals surface area contributed by atoms with Crippen LogP contribution in [0.2, 0.25) is 0 Å². The molecule has 1 atom stereocenters. The summed E-state index contributed by atoms with van der Waals surface area (Å²) in [7, 11) is 0. The Morgan fingerprint density at radius 3 is 2.92 bits per heavy atom. The zero-order valence-electron chi connectivity index (χ0n) is 13.7. The number of aliphatic imine (C=N–C) groups is 1. The maximum Gasteiger partial charge on any atom is 0.254 e. The van der Waals surface area contributed by atoms with Crippen LogP contribution in [0.3, 0.4) is 0 Å². The molecule has 0 radical (unpaired) electrons. The molecule has 0 bridgehead atoms. The SMILES string of the molecule is C=CN=C/C(=C\N)C(=O)NCC(O)CN1CCc2ccccc2C1. The summed E-state index contributed by atoms with van der Waals surface area (Å²) < 4.78 is 0. The van der Waals surface area contributed by atoms with Crippen molar-refractivity contribution in [2.45, 2.75) is 19.1 Å². The molecule has 0 aliphatic carbocycles. The minimum atomic E-state index is -0.644. The first-order chi connectivity index (χ1) is 11.6. The Labute approximate surface area is 142 Å². The van der Waals surface area contributed by atoms with Crippen LogP contribution in [-0.4, -0.2) is 47.9 Å². The number of carbonyl (C=O) groups excluding carboxylic acids is 1. The van der Waals surface area contributed by atoms with Crippen LogP contribution >= 0.6 is 0 Å². The maximum absolute atomic E-state index is 11.9. The van der Waals surface area contributed by atoms with Gasteiger partial charge >= 0.3 is 0 Å². The average Bonchev–Trinajstić information content (AvgIpc) is 2.60. The molecule has 6 nitrogen and oxygen atoms in total. The number of nitrogens with zero attached hydrogens (tertiary/aromatic N) is 2. The van der Waals surface area contributed by atoms with E-state index in [9.17, 15) is 9.90 Å². The van der Waals surface area contributed by atoms with Crippen LogP contribution in [0.5, 0.6) is 0 Å². The van der Waals surface area contributed by atoms with Crippen molar-refractivity contribution in [1.29, 1.82) is 0 Å². The number of aliphatic hydroxyl groups is 1. The zero-order valence-corrected chi connectivity index (χ0v) is 13.7. The molecule has 1 amide bonds. The molecule has 1 aliphatic rings. The third-order valence-electron chi connectivity index (χ3n) is 3.94. The van der Waals surface area contributed by atoms with Gasteiger partial charge in [-0.15, -0.1) is 0 Å². The highest BCUT2D eigenvalue weighted by molar-refractivity contribution is 6.12.